The Kier molecular flexibility index (Phi) is 1.49. The molecule has 0 spiro atoms. The minimum atomic E-state index is -0.678. The van der Waals surface area contributed by atoms with Gasteiger partial charge in [-0.2, -0.15) is 0 Å². The molecule has 0 saturated heterocycles. The topological polar surface area (TPSA) is 46.2 Å². The van der Waals surface area contributed by atoms with E-state index in [1.807, 2.05) is 0 Å². The molecule has 0 amide bonds. The van der Waals surface area contributed by atoms with Gasteiger partial charge in [0.1, 0.15) is 0 Å². The number of hydrogen-bond acceptors (Lipinski definition) is 2. The summed E-state index contributed by atoms with van der Waals surface area (Å²) >= 11 is 0. The Morgan fingerprint density at radius 2 is 2.10 bits per heavy atom. The highest BCUT2D eigenvalue weighted by molar-refractivity contribution is 5.57. The molecule has 0 aliphatic carbocycles. The van der Waals surface area contributed by atoms with Crippen molar-refractivity contribution in [2.24, 2.45) is 0 Å². The van der Waals surface area contributed by atoms with Crippen molar-refractivity contribution in [3.63, 3.8) is 0 Å². The fraction of sp³-hybridized carbons (Fsp3) is 0.143. The van der Waals surface area contributed by atoms with Crippen LogP contribution in [0.5, 0.6) is 5.75 Å². The zero-order valence-electron chi connectivity index (χ0n) is 5.56. The van der Waals surface area contributed by atoms with Gasteiger partial charge in [-0.15, -0.1) is 0 Å². The quantitative estimate of drug-likeness (QED) is 0.424. The first-order chi connectivity index (χ1) is 4.63. The van der Waals surface area contributed by atoms with E-state index in [1.54, 1.807) is 6.92 Å². The van der Waals surface area contributed by atoms with Gasteiger partial charge in [0.15, 0.2) is 11.6 Å². The van der Waals surface area contributed by atoms with E-state index in [2.05, 4.69) is 0 Å². The monoisotopic (exact) mass is 141 g/mol. The molecular formula is C7H8FNO. The van der Waals surface area contributed by atoms with Crippen LogP contribution in [0.4, 0.5) is 10.1 Å². The van der Waals surface area contributed by atoms with Gasteiger partial charge in [-0.3, -0.25) is 0 Å². The van der Waals surface area contributed by atoms with Crippen molar-refractivity contribution < 1.29 is 9.50 Å². The van der Waals surface area contributed by atoms with Crippen molar-refractivity contribution in [3.8, 4) is 5.75 Å². The summed E-state index contributed by atoms with van der Waals surface area (Å²) < 4.78 is 12.4. The third kappa shape index (κ3) is 0.900. The van der Waals surface area contributed by atoms with E-state index in [-0.39, 0.29) is 5.69 Å². The third-order valence-corrected chi connectivity index (χ3v) is 1.39. The number of hydrogen-bond donors (Lipinski definition) is 2. The molecule has 0 unspecified atom stereocenters. The fourth-order valence-corrected chi connectivity index (χ4v) is 0.682. The second-order valence-electron chi connectivity index (χ2n) is 2.13. The molecule has 0 bridgehead atoms. The van der Waals surface area contributed by atoms with E-state index >= 15 is 0 Å². The largest absolute Gasteiger partial charge is 0.503 e. The Hall–Kier alpha value is -1.25. The number of anilines is 1. The Bertz CT molecular complexity index is 233. The summed E-state index contributed by atoms with van der Waals surface area (Å²) in [5.41, 5.74) is 6.08. The van der Waals surface area contributed by atoms with Gasteiger partial charge >= 0.3 is 0 Å². The van der Waals surface area contributed by atoms with Crippen LogP contribution in [0.2, 0.25) is 0 Å². The predicted octanol–water partition coefficient (Wildman–Crippen LogP) is 1.42. The number of nitrogens with two attached hydrogens (primary N) is 1. The average molecular weight is 141 g/mol. The molecular weight excluding hydrogens is 133 g/mol. The summed E-state index contributed by atoms with van der Waals surface area (Å²) in [5.74, 6) is -1.14. The maximum absolute atomic E-state index is 12.4. The normalized spacial score (nSPS) is 9.80. The number of rotatable bonds is 0. The molecule has 0 fully saturated rings. The summed E-state index contributed by atoms with van der Waals surface area (Å²) in [4.78, 5) is 0. The van der Waals surface area contributed by atoms with Gasteiger partial charge < -0.3 is 10.8 Å². The lowest BCUT2D eigenvalue weighted by atomic mass is 10.2. The van der Waals surface area contributed by atoms with Gasteiger partial charge in [0, 0.05) is 0 Å². The molecule has 0 atom stereocenters. The molecule has 1 rings (SSSR count). The Labute approximate surface area is 58.1 Å². The molecule has 1 aromatic rings. The molecule has 10 heavy (non-hydrogen) atoms. The number of nitrogen functional groups attached to an aromatic ring is 1. The van der Waals surface area contributed by atoms with E-state index in [9.17, 15) is 4.39 Å². The Morgan fingerprint density at radius 1 is 1.50 bits per heavy atom. The van der Waals surface area contributed by atoms with Crippen LogP contribution in [0.15, 0.2) is 12.1 Å². The molecule has 54 valence electrons. The maximum Gasteiger partial charge on any atom is 0.174 e. The first-order valence-corrected chi connectivity index (χ1v) is 2.86. The number of aryl methyl sites for hydroxylation is 1. The first kappa shape index (κ1) is 6.86. The number of phenolic OH excluding ortho intramolecular Hbond substituents is 1. The molecule has 0 heterocycles. The first-order valence-electron chi connectivity index (χ1n) is 2.86. The predicted molar refractivity (Wildman–Crippen MR) is 37.2 cm³/mol. The second kappa shape index (κ2) is 2.17. The Balaban J connectivity index is 3.34. The van der Waals surface area contributed by atoms with Crippen molar-refractivity contribution in [2.45, 2.75) is 6.92 Å². The summed E-state index contributed by atoms with van der Waals surface area (Å²) in [6.45, 7) is 1.70. The highest BCUT2D eigenvalue weighted by atomic mass is 19.1. The van der Waals surface area contributed by atoms with Crippen molar-refractivity contribution in [1.29, 1.82) is 0 Å². The summed E-state index contributed by atoms with van der Waals surface area (Å²) in [6, 6.07) is 2.70. The lowest BCUT2D eigenvalue weighted by Gasteiger charge is -2.01. The highest BCUT2D eigenvalue weighted by Gasteiger charge is 2.04. The van der Waals surface area contributed by atoms with Crippen molar-refractivity contribution >= 4 is 5.69 Å². The molecule has 0 radical (unpaired) electrons. The molecule has 1 aromatic carbocycles. The number of aromatic hydroxyl groups is 1. The number of halogens is 1. The number of benzene rings is 1. The maximum atomic E-state index is 12.4. The lowest BCUT2D eigenvalue weighted by Crippen LogP contribution is -1.91. The van der Waals surface area contributed by atoms with Gasteiger partial charge in [-0.1, -0.05) is 6.07 Å². The molecule has 0 aromatic heterocycles. The molecule has 0 aliphatic heterocycles. The minimum absolute atomic E-state index is 0.111. The fourth-order valence-electron chi connectivity index (χ4n) is 0.682. The number of phenols is 1. The zero-order chi connectivity index (χ0) is 7.72. The molecule has 0 aliphatic rings. The van der Waals surface area contributed by atoms with Crippen molar-refractivity contribution in [1.82, 2.24) is 0 Å². The van der Waals surface area contributed by atoms with E-state index in [1.165, 1.54) is 12.1 Å². The van der Waals surface area contributed by atoms with Crippen LogP contribution < -0.4 is 5.73 Å². The van der Waals surface area contributed by atoms with Gasteiger partial charge in [0.25, 0.3) is 0 Å². The van der Waals surface area contributed by atoms with Crippen LogP contribution in [0.1, 0.15) is 5.56 Å². The summed E-state index contributed by atoms with van der Waals surface area (Å²) in [5, 5.41) is 8.89. The average Bonchev–Trinajstić information content (AvgIpc) is 1.93. The molecule has 3 N–H and O–H groups in total. The molecule has 2 nitrogen and oxygen atoms in total. The molecule has 0 saturated carbocycles. The van der Waals surface area contributed by atoms with Crippen LogP contribution in [0.3, 0.4) is 0 Å². The third-order valence-electron chi connectivity index (χ3n) is 1.39. The van der Waals surface area contributed by atoms with E-state index in [4.69, 9.17) is 10.8 Å². The van der Waals surface area contributed by atoms with Gasteiger partial charge in [0.2, 0.25) is 0 Å². The standard InChI is InChI=1S/C7H8FNO/c1-4-2-3-5(8)7(10)6(4)9/h2-3,10H,9H2,1H3. The van der Waals surface area contributed by atoms with E-state index in [0.717, 1.165) is 0 Å². The van der Waals surface area contributed by atoms with Crippen LogP contribution in [0.25, 0.3) is 0 Å². The van der Waals surface area contributed by atoms with Crippen LogP contribution >= 0.6 is 0 Å². The SMILES string of the molecule is Cc1ccc(F)c(O)c1N. The zero-order valence-corrected chi connectivity index (χ0v) is 5.56. The van der Waals surface area contributed by atoms with E-state index < -0.39 is 11.6 Å². The van der Waals surface area contributed by atoms with Gasteiger partial charge in [-0.05, 0) is 18.6 Å². The Morgan fingerprint density at radius 3 is 2.60 bits per heavy atom. The minimum Gasteiger partial charge on any atom is -0.503 e. The second-order valence-corrected chi connectivity index (χ2v) is 2.13. The molecule has 3 heteroatoms. The van der Waals surface area contributed by atoms with Crippen molar-refractivity contribution in [2.75, 3.05) is 5.73 Å². The smallest absolute Gasteiger partial charge is 0.174 e. The van der Waals surface area contributed by atoms with Crippen LogP contribution in [-0.4, -0.2) is 5.11 Å². The van der Waals surface area contributed by atoms with Crippen LogP contribution in [-0.2, 0) is 0 Å². The lowest BCUT2D eigenvalue weighted by molar-refractivity contribution is 0.435. The van der Waals surface area contributed by atoms with Gasteiger partial charge in [0.05, 0.1) is 5.69 Å². The van der Waals surface area contributed by atoms with Crippen LogP contribution in [0, 0.1) is 12.7 Å². The van der Waals surface area contributed by atoms with E-state index in [0.29, 0.717) is 5.56 Å². The summed E-state index contributed by atoms with van der Waals surface area (Å²) in [6.07, 6.45) is 0. The summed E-state index contributed by atoms with van der Waals surface area (Å²) in [7, 11) is 0. The highest BCUT2D eigenvalue weighted by Crippen LogP contribution is 2.25. The van der Waals surface area contributed by atoms with Gasteiger partial charge in [-0.25, -0.2) is 4.39 Å². The van der Waals surface area contributed by atoms with Crippen molar-refractivity contribution in [3.05, 3.63) is 23.5 Å².